The Balaban J connectivity index is 4.96. The summed E-state index contributed by atoms with van der Waals surface area (Å²) in [5, 5.41) is 2.39. The highest BCUT2D eigenvalue weighted by Crippen LogP contribution is 2.10. The average Bonchev–Trinajstić information content (AvgIpc) is 2.08. The summed E-state index contributed by atoms with van der Waals surface area (Å²) in [6, 6.07) is -0.866. The van der Waals surface area contributed by atoms with Crippen LogP contribution in [-0.2, 0) is 4.74 Å². The van der Waals surface area contributed by atoms with Crippen LogP contribution in [0.25, 0.3) is 0 Å². The Bertz CT molecular complexity index is 349. The minimum absolute atomic E-state index is 0.706. The first-order valence-corrected chi connectivity index (χ1v) is 5.74. The van der Waals surface area contributed by atoms with Crippen LogP contribution in [0.5, 0.6) is 0 Å². The van der Waals surface area contributed by atoms with Crippen molar-refractivity contribution in [2.24, 2.45) is 5.92 Å². The van der Waals surface area contributed by atoms with Crippen molar-refractivity contribution >= 4 is 28.7 Å². The zero-order valence-electron chi connectivity index (χ0n) is 15.4. The highest BCUT2D eigenvalue weighted by atomic mass is 127. The summed E-state index contributed by atoms with van der Waals surface area (Å²) in [6.45, 7) is 3.88. The van der Waals surface area contributed by atoms with E-state index in [2.05, 4.69) is 5.32 Å². The van der Waals surface area contributed by atoms with Gasteiger partial charge in [-0.25, -0.2) is 4.79 Å². The topological polar surface area (TPSA) is 38.3 Å². The largest absolute Gasteiger partial charge is 0.444 e. The van der Waals surface area contributed by atoms with Gasteiger partial charge in [-0.2, -0.15) is 0 Å². The molecule has 0 saturated carbocycles. The molecule has 0 spiro atoms. The number of alkyl carbamates (subject to hydrolysis) is 1. The summed E-state index contributed by atoms with van der Waals surface area (Å²) in [4.78, 5) is 11.6. The van der Waals surface area contributed by atoms with Gasteiger partial charge in [0.25, 0.3) is 0 Å². The number of hydrogen-bond donors (Lipinski definition) is 1. The maximum Gasteiger partial charge on any atom is 0.407 e. The number of alkyl halides is 1. The molecular formula is C11H22INO2. The van der Waals surface area contributed by atoms with Crippen LogP contribution in [0.2, 0.25) is 0 Å². The summed E-state index contributed by atoms with van der Waals surface area (Å²) in [7, 11) is 0. The number of halogens is 1. The first-order chi connectivity index (χ1) is 9.05. The molecular weight excluding hydrogens is 305 g/mol. The second-order valence-corrected chi connectivity index (χ2v) is 4.84. The third kappa shape index (κ3) is 8.96. The zero-order chi connectivity index (χ0) is 17.2. The fourth-order valence-corrected chi connectivity index (χ4v) is 1.07. The van der Waals surface area contributed by atoms with Gasteiger partial charge in [-0.05, 0) is 40.0 Å². The number of hydrogen-bond acceptors (Lipinski definition) is 2. The van der Waals surface area contributed by atoms with Crippen molar-refractivity contribution in [3.63, 3.8) is 0 Å². The van der Waals surface area contributed by atoms with Crippen molar-refractivity contribution in [3.8, 4) is 0 Å². The third-order valence-electron chi connectivity index (χ3n) is 1.34. The maximum absolute atomic E-state index is 11.6. The highest BCUT2D eigenvalue weighted by molar-refractivity contribution is 14.1. The van der Waals surface area contributed by atoms with Gasteiger partial charge < -0.3 is 10.1 Å². The molecule has 1 N–H and O–H groups in total. The lowest BCUT2D eigenvalue weighted by molar-refractivity contribution is 0.0504. The van der Waals surface area contributed by atoms with Gasteiger partial charge in [0.2, 0.25) is 0 Å². The van der Waals surface area contributed by atoms with E-state index in [0.717, 1.165) is 0 Å². The van der Waals surface area contributed by atoms with Gasteiger partial charge in [0.15, 0.2) is 0 Å². The normalized spacial score (nSPS) is 25.4. The molecule has 4 heteroatoms. The molecule has 0 bridgehead atoms. The third-order valence-corrected chi connectivity index (χ3v) is 2.01. The SMILES string of the molecule is [2H]C([C@@H](C)NC(=O)OC(C)(C)C)[C@@H](C([2H])([2H])I)[12C]([2H])([2H])[2H]. The van der Waals surface area contributed by atoms with Crippen LogP contribution in [0.3, 0.4) is 0 Å². The molecule has 15 heavy (non-hydrogen) atoms. The Morgan fingerprint density at radius 2 is 2.27 bits per heavy atom. The quantitative estimate of drug-likeness (QED) is 0.633. The Labute approximate surface area is 115 Å². The Hall–Kier alpha value is 0. The summed E-state index contributed by atoms with van der Waals surface area (Å²) in [5.74, 6) is -1.53. The van der Waals surface area contributed by atoms with Gasteiger partial charge in [-0.3, -0.25) is 0 Å². The number of amides is 1. The molecule has 0 aromatic heterocycles. The number of ether oxygens (including phenoxy) is 1. The monoisotopic (exact) mass is 333 g/mol. The second kappa shape index (κ2) is 6.55. The van der Waals surface area contributed by atoms with Crippen LogP contribution >= 0.6 is 22.6 Å². The predicted octanol–water partition coefficient (Wildman–Crippen LogP) is 3.36. The van der Waals surface area contributed by atoms with Crippen molar-refractivity contribution < 1.29 is 17.8 Å². The van der Waals surface area contributed by atoms with E-state index >= 15 is 0 Å². The summed E-state index contributed by atoms with van der Waals surface area (Å²) in [5.41, 5.74) is -0.706. The minimum Gasteiger partial charge on any atom is -0.444 e. The fraction of sp³-hybridized carbons (Fsp3) is 0.909. The lowest BCUT2D eigenvalue weighted by atomic mass is 10.1. The van der Waals surface area contributed by atoms with Crippen LogP contribution in [0.15, 0.2) is 0 Å². The molecule has 90 valence electrons. The van der Waals surface area contributed by atoms with Crippen LogP contribution in [0.1, 0.15) is 49.2 Å². The van der Waals surface area contributed by atoms with Crippen LogP contribution in [0.4, 0.5) is 4.79 Å². The summed E-state index contributed by atoms with van der Waals surface area (Å²) in [6.07, 6.45) is -2.09. The molecule has 0 rings (SSSR count). The first-order valence-electron chi connectivity index (χ1n) is 7.74. The fourth-order valence-electron chi connectivity index (χ4n) is 0.867. The number of carbonyl (C=O) groups excluding carboxylic acids is 1. The maximum atomic E-state index is 11.6. The summed E-state index contributed by atoms with van der Waals surface area (Å²) >= 11 is 1.38. The molecule has 3 atom stereocenters. The van der Waals surface area contributed by atoms with Crippen LogP contribution in [-0.4, -0.2) is 22.1 Å². The van der Waals surface area contributed by atoms with E-state index in [4.69, 9.17) is 13.0 Å². The van der Waals surface area contributed by atoms with Gasteiger partial charge in [-0.1, -0.05) is 29.4 Å². The molecule has 3 nitrogen and oxygen atoms in total. The van der Waals surface area contributed by atoms with E-state index in [-0.39, 0.29) is 0 Å². The predicted molar refractivity (Wildman–Crippen MR) is 71.5 cm³/mol. The Morgan fingerprint density at radius 1 is 1.67 bits per heavy atom. The lowest BCUT2D eigenvalue weighted by Crippen LogP contribution is -2.38. The molecule has 0 aliphatic rings. The second-order valence-electron chi connectivity index (χ2n) is 4.21. The smallest absolute Gasteiger partial charge is 0.407 e. The van der Waals surface area contributed by atoms with E-state index in [0.29, 0.717) is 0 Å². The van der Waals surface area contributed by atoms with Crippen LogP contribution in [0, 0.1) is 5.92 Å². The average molecular weight is 333 g/mol. The molecule has 1 unspecified atom stereocenters. The molecule has 0 saturated heterocycles. The minimum atomic E-state index is -2.64. The van der Waals surface area contributed by atoms with Gasteiger partial charge in [0.1, 0.15) is 5.60 Å². The van der Waals surface area contributed by atoms with Crippen LogP contribution < -0.4 is 5.32 Å². The van der Waals surface area contributed by atoms with Gasteiger partial charge in [0.05, 0.1) is 0 Å². The van der Waals surface area contributed by atoms with E-state index in [1.165, 1.54) is 29.5 Å². The molecule has 0 aliphatic carbocycles. The van der Waals surface area contributed by atoms with E-state index in [1.54, 1.807) is 20.8 Å². The first kappa shape index (κ1) is 7.35. The lowest BCUT2D eigenvalue weighted by Gasteiger charge is -2.22. The molecule has 0 heterocycles. The van der Waals surface area contributed by atoms with E-state index in [9.17, 15) is 4.79 Å². The van der Waals surface area contributed by atoms with Crippen molar-refractivity contribution in [1.82, 2.24) is 5.32 Å². The number of carbonyl (C=O) groups is 1. The van der Waals surface area contributed by atoms with E-state index < -0.39 is 41.3 Å². The number of nitrogens with one attached hydrogen (secondary N) is 1. The molecule has 0 fully saturated rings. The number of rotatable bonds is 4. The zero-order valence-corrected chi connectivity index (χ0v) is 11.6. The molecule has 0 aromatic rings. The van der Waals surface area contributed by atoms with Crippen molar-refractivity contribution in [3.05, 3.63) is 0 Å². The van der Waals surface area contributed by atoms with Crippen molar-refractivity contribution in [1.29, 1.82) is 0 Å². The standard InChI is InChI=1S/C11H22INO2/c1-8(7-12)6-9(2)13-10(14)15-11(3,4)5/h8-9H,6-7H2,1-5H3,(H,13,14)/t8-,9+/m0/s1/i1+0D3,6D,7D2/t6?,8-,9+. The molecule has 0 aromatic carbocycles. The molecule has 0 radical (unpaired) electrons. The van der Waals surface area contributed by atoms with Crippen molar-refractivity contribution in [2.45, 2.75) is 52.6 Å². The Kier molecular flexibility index (Phi) is 3.21. The summed E-state index contributed by atoms with van der Waals surface area (Å²) < 4.78 is 48.4. The highest BCUT2D eigenvalue weighted by Gasteiger charge is 2.18. The van der Waals surface area contributed by atoms with Crippen molar-refractivity contribution in [2.75, 3.05) is 4.38 Å². The molecule has 1 amide bonds. The molecule has 0 aliphatic heterocycles. The van der Waals surface area contributed by atoms with Gasteiger partial charge in [-0.15, -0.1) is 0 Å². The van der Waals surface area contributed by atoms with Gasteiger partial charge in [0, 0.05) is 18.6 Å². The van der Waals surface area contributed by atoms with E-state index in [1.807, 2.05) is 0 Å². The van der Waals surface area contributed by atoms with Gasteiger partial charge >= 0.3 is 6.09 Å². The Morgan fingerprint density at radius 3 is 2.67 bits per heavy atom.